The predicted octanol–water partition coefficient (Wildman–Crippen LogP) is 3.66. The molecule has 0 bridgehead atoms. The maximum Gasteiger partial charge on any atom is 0.264 e. The van der Waals surface area contributed by atoms with Crippen molar-refractivity contribution in [2.24, 2.45) is 0 Å². The Labute approximate surface area is 207 Å². The maximum atomic E-state index is 13.7. The van der Waals surface area contributed by atoms with E-state index >= 15 is 0 Å². The second-order valence-electron chi connectivity index (χ2n) is 8.46. The number of nitrogens with one attached hydrogen (secondary N) is 1. The van der Waals surface area contributed by atoms with Gasteiger partial charge in [-0.15, -0.1) is 0 Å². The fourth-order valence-electron chi connectivity index (χ4n) is 3.71. The van der Waals surface area contributed by atoms with Gasteiger partial charge in [0.1, 0.15) is 12.6 Å². The molecule has 1 N–H and O–H groups in total. The highest BCUT2D eigenvalue weighted by molar-refractivity contribution is 7.92. The van der Waals surface area contributed by atoms with Crippen LogP contribution >= 0.6 is 0 Å². The number of likely N-dealkylation sites (N-methyl/N-ethyl adjacent to an activating group) is 1. The molecule has 2 amide bonds. The molecular formula is C27H31N3O4S. The van der Waals surface area contributed by atoms with Gasteiger partial charge in [-0.3, -0.25) is 13.9 Å². The lowest BCUT2D eigenvalue weighted by atomic mass is 10.1. The molecule has 3 aromatic rings. The fraction of sp³-hybridized carbons (Fsp3) is 0.259. The SMILES string of the molecule is CNC(=O)[C@@H](C)N(Cc1ccc(C)cc1)C(=O)CN(c1cccc(C)c1)S(=O)(=O)c1ccccc1. The van der Waals surface area contributed by atoms with Crippen LogP contribution in [0.3, 0.4) is 0 Å². The van der Waals surface area contributed by atoms with Gasteiger partial charge in [-0.05, 0) is 56.2 Å². The minimum Gasteiger partial charge on any atom is -0.357 e. The summed E-state index contributed by atoms with van der Waals surface area (Å²) in [6, 6.07) is 21.9. The average molecular weight is 494 g/mol. The van der Waals surface area contributed by atoms with Gasteiger partial charge in [0.15, 0.2) is 0 Å². The number of carbonyl (C=O) groups excluding carboxylic acids is 2. The van der Waals surface area contributed by atoms with Crippen molar-refractivity contribution in [2.45, 2.75) is 38.3 Å². The van der Waals surface area contributed by atoms with Crippen LogP contribution in [0.2, 0.25) is 0 Å². The van der Waals surface area contributed by atoms with Gasteiger partial charge in [-0.1, -0.05) is 60.2 Å². The Morgan fingerprint density at radius 1 is 0.886 bits per heavy atom. The van der Waals surface area contributed by atoms with Crippen molar-refractivity contribution in [3.05, 3.63) is 95.6 Å². The first-order chi connectivity index (χ1) is 16.6. The molecule has 0 saturated carbocycles. The van der Waals surface area contributed by atoms with Gasteiger partial charge in [0, 0.05) is 13.6 Å². The van der Waals surface area contributed by atoms with E-state index in [9.17, 15) is 18.0 Å². The largest absolute Gasteiger partial charge is 0.357 e. The summed E-state index contributed by atoms with van der Waals surface area (Å²) in [4.78, 5) is 27.6. The van der Waals surface area contributed by atoms with E-state index < -0.39 is 28.5 Å². The van der Waals surface area contributed by atoms with E-state index in [0.717, 1.165) is 21.0 Å². The van der Waals surface area contributed by atoms with Crippen molar-refractivity contribution >= 4 is 27.5 Å². The second-order valence-corrected chi connectivity index (χ2v) is 10.3. The quantitative estimate of drug-likeness (QED) is 0.493. The van der Waals surface area contributed by atoms with Gasteiger partial charge in [0.2, 0.25) is 11.8 Å². The van der Waals surface area contributed by atoms with E-state index in [-0.39, 0.29) is 17.3 Å². The van der Waals surface area contributed by atoms with Gasteiger partial charge in [0.25, 0.3) is 10.0 Å². The van der Waals surface area contributed by atoms with E-state index in [1.165, 1.54) is 24.1 Å². The molecule has 0 saturated heterocycles. The zero-order valence-corrected chi connectivity index (χ0v) is 21.2. The molecule has 8 heteroatoms. The summed E-state index contributed by atoms with van der Waals surface area (Å²) in [5.74, 6) is -0.818. The van der Waals surface area contributed by atoms with Gasteiger partial charge in [0.05, 0.1) is 10.6 Å². The molecule has 0 aliphatic carbocycles. The van der Waals surface area contributed by atoms with Crippen LogP contribution in [-0.2, 0) is 26.2 Å². The van der Waals surface area contributed by atoms with Crippen molar-refractivity contribution in [3.8, 4) is 0 Å². The Kier molecular flexibility index (Phi) is 8.30. The summed E-state index contributed by atoms with van der Waals surface area (Å²) in [5.41, 5.74) is 3.15. The van der Waals surface area contributed by atoms with Crippen LogP contribution in [0.5, 0.6) is 0 Å². The normalized spacial score (nSPS) is 12.0. The third kappa shape index (κ3) is 6.27. The van der Waals surface area contributed by atoms with E-state index in [2.05, 4.69) is 5.32 Å². The summed E-state index contributed by atoms with van der Waals surface area (Å²) in [5, 5.41) is 2.58. The average Bonchev–Trinajstić information content (AvgIpc) is 2.86. The van der Waals surface area contributed by atoms with E-state index in [1.54, 1.807) is 43.3 Å². The number of hydrogen-bond donors (Lipinski definition) is 1. The molecule has 0 aliphatic rings. The molecule has 184 valence electrons. The predicted molar refractivity (Wildman–Crippen MR) is 137 cm³/mol. The Morgan fingerprint density at radius 2 is 1.54 bits per heavy atom. The minimum atomic E-state index is -4.04. The first-order valence-electron chi connectivity index (χ1n) is 11.3. The molecule has 0 fully saturated rings. The number of hydrogen-bond acceptors (Lipinski definition) is 4. The lowest BCUT2D eigenvalue weighted by molar-refractivity contribution is -0.139. The lowest BCUT2D eigenvalue weighted by Gasteiger charge is -2.32. The molecule has 0 aliphatic heterocycles. The highest BCUT2D eigenvalue weighted by Crippen LogP contribution is 2.25. The van der Waals surface area contributed by atoms with Crippen LogP contribution in [0.15, 0.2) is 83.8 Å². The number of rotatable bonds is 9. The Hall–Kier alpha value is -3.65. The van der Waals surface area contributed by atoms with E-state index in [4.69, 9.17) is 0 Å². The van der Waals surface area contributed by atoms with Crippen molar-refractivity contribution in [1.29, 1.82) is 0 Å². The summed E-state index contributed by atoms with van der Waals surface area (Å²) in [6.07, 6.45) is 0. The third-order valence-electron chi connectivity index (χ3n) is 5.79. The van der Waals surface area contributed by atoms with Gasteiger partial charge < -0.3 is 10.2 Å². The first-order valence-corrected chi connectivity index (χ1v) is 12.8. The molecule has 0 unspecified atom stereocenters. The lowest BCUT2D eigenvalue weighted by Crippen LogP contribution is -2.50. The van der Waals surface area contributed by atoms with Crippen LogP contribution in [-0.4, -0.2) is 44.8 Å². The number of nitrogens with zero attached hydrogens (tertiary/aromatic N) is 2. The second kappa shape index (κ2) is 11.2. The number of anilines is 1. The summed E-state index contributed by atoms with van der Waals surface area (Å²) < 4.78 is 28.4. The van der Waals surface area contributed by atoms with Crippen molar-refractivity contribution in [3.63, 3.8) is 0 Å². The van der Waals surface area contributed by atoms with Crippen LogP contribution in [0.25, 0.3) is 0 Å². The number of aryl methyl sites for hydroxylation is 2. The van der Waals surface area contributed by atoms with Gasteiger partial charge in [-0.2, -0.15) is 0 Å². The number of sulfonamides is 1. The fourth-order valence-corrected chi connectivity index (χ4v) is 5.14. The molecular weight excluding hydrogens is 462 g/mol. The molecule has 1 atom stereocenters. The number of amides is 2. The van der Waals surface area contributed by atoms with Crippen molar-refractivity contribution < 1.29 is 18.0 Å². The standard InChI is InChI=1S/C27H31N3O4S/c1-20-13-15-23(16-14-20)18-29(22(3)27(32)28-4)26(31)19-30(24-10-8-9-21(2)17-24)35(33,34)25-11-6-5-7-12-25/h5-17,22H,18-19H2,1-4H3,(H,28,32)/t22-/m1/s1. The molecule has 35 heavy (non-hydrogen) atoms. The minimum absolute atomic E-state index is 0.0822. The molecule has 0 heterocycles. The number of benzene rings is 3. The zero-order valence-electron chi connectivity index (χ0n) is 20.4. The Morgan fingerprint density at radius 3 is 2.14 bits per heavy atom. The maximum absolute atomic E-state index is 13.7. The molecule has 7 nitrogen and oxygen atoms in total. The topological polar surface area (TPSA) is 86.8 Å². The molecule has 0 spiro atoms. The van der Waals surface area contributed by atoms with Crippen LogP contribution < -0.4 is 9.62 Å². The summed E-state index contributed by atoms with van der Waals surface area (Å²) in [7, 11) is -2.54. The van der Waals surface area contributed by atoms with Crippen molar-refractivity contribution in [1.82, 2.24) is 10.2 Å². The van der Waals surface area contributed by atoms with Crippen LogP contribution in [0, 0.1) is 13.8 Å². The zero-order chi connectivity index (χ0) is 25.6. The third-order valence-corrected chi connectivity index (χ3v) is 7.58. The summed E-state index contributed by atoms with van der Waals surface area (Å²) in [6.45, 7) is 5.17. The first kappa shape index (κ1) is 26.0. The number of carbonyl (C=O) groups is 2. The molecule has 3 aromatic carbocycles. The Bertz CT molecular complexity index is 1280. The van der Waals surface area contributed by atoms with Gasteiger partial charge >= 0.3 is 0 Å². The monoisotopic (exact) mass is 493 g/mol. The molecule has 3 rings (SSSR count). The molecule has 0 aromatic heterocycles. The van der Waals surface area contributed by atoms with E-state index in [1.807, 2.05) is 44.2 Å². The van der Waals surface area contributed by atoms with Crippen molar-refractivity contribution in [2.75, 3.05) is 17.9 Å². The smallest absolute Gasteiger partial charge is 0.264 e. The Balaban J connectivity index is 2.01. The van der Waals surface area contributed by atoms with Gasteiger partial charge in [-0.25, -0.2) is 8.42 Å². The highest BCUT2D eigenvalue weighted by Gasteiger charge is 2.32. The highest BCUT2D eigenvalue weighted by atomic mass is 32.2. The van der Waals surface area contributed by atoms with Crippen LogP contribution in [0.1, 0.15) is 23.6 Å². The summed E-state index contributed by atoms with van der Waals surface area (Å²) >= 11 is 0. The molecule has 0 radical (unpaired) electrons. The van der Waals surface area contributed by atoms with E-state index in [0.29, 0.717) is 5.69 Å². The van der Waals surface area contributed by atoms with Crippen LogP contribution in [0.4, 0.5) is 5.69 Å².